The third-order valence-corrected chi connectivity index (χ3v) is 5.35. The van der Waals surface area contributed by atoms with E-state index in [1.807, 2.05) is 6.07 Å². The number of benzene rings is 1. The maximum atomic E-state index is 11.9. The Kier molecular flexibility index (Phi) is 4.26. The van der Waals surface area contributed by atoms with E-state index >= 15 is 0 Å². The normalized spacial score (nSPS) is 13.9. The Bertz CT molecular complexity index is 1010. The summed E-state index contributed by atoms with van der Waals surface area (Å²) in [7, 11) is 0. The predicted molar refractivity (Wildman–Crippen MR) is 100 cm³/mol. The van der Waals surface area contributed by atoms with Gasteiger partial charge in [0.05, 0.1) is 5.02 Å². The number of fused-ring (bicyclic) bond motifs is 3. The second-order valence-corrected chi connectivity index (χ2v) is 6.91. The Labute approximate surface area is 159 Å². The molecule has 2 aromatic heterocycles. The second-order valence-electron chi connectivity index (χ2n) is 6.12. The molecule has 1 aromatic carbocycles. The van der Waals surface area contributed by atoms with Gasteiger partial charge in [-0.25, -0.2) is 4.98 Å². The molecular formula is C18H15Cl2N3O3. The number of pyridine rings is 1. The van der Waals surface area contributed by atoms with Crippen LogP contribution >= 0.6 is 23.2 Å². The van der Waals surface area contributed by atoms with Gasteiger partial charge >= 0.3 is 0 Å². The molecule has 1 amide bonds. The van der Waals surface area contributed by atoms with Gasteiger partial charge in [-0.3, -0.25) is 4.79 Å². The third-order valence-electron chi connectivity index (χ3n) is 4.58. The Morgan fingerprint density at radius 3 is 2.88 bits per heavy atom. The van der Waals surface area contributed by atoms with Crippen molar-refractivity contribution < 1.29 is 14.3 Å². The lowest BCUT2D eigenvalue weighted by Gasteiger charge is -2.26. The molecule has 3 heterocycles. The molecule has 4 rings (SSSR count). The Balaban J connectivity index is 1.95. The largest absolute Gasteiger partial charge is 0.459 e. The van der Waals surface area contributed by atoms with Gasteiger partial charge in [0, 0.05) is 42.2 Å². The SMILES string of the molecule is Nc1ccc(-c2cc(Cl)c(Cl)c3oc4c(c23)CN(C(=O)CO)CC4)cn1. The third kappa shape index (κ3) is 2.70. The molecule has 1 aliphatic rings. The van der Waals surface area contributed by atoms with Gasteiger partial charge in [0.1, 0.15) is 23.2 Å². The molecule has 0 bridgehead atoms. The van der Waals surface area contributed by atoms with Crippen molar-refractivity contribution >= 4 is 45.9 Å². The maximum absolute atomic E-state index is 11.9. The zero-order valence-electron chi connectivity index (χ0n) is 13.6. The predicted octanol–water partition coefficient (Wildman–Crippen LogP) is 3.26. The summed E-state index contributed by atoms with van der Waals surface area (Å²) in [5, 5.41) is 10.7. The van der Waals surface area contributed by atoms with Crippen LogP contribution in [0.2, 0.25) is 10.0 Å². The van der Waals surface area contributed by atoms with Crippen molar-refractivity contribution in [3.63, 3.8) is 0 Å². The lowest BCUT2D eigenvalue weighted by atomic mass is 9.97. The monoisotopic (exact) mass is 391 g/mol. The topological polar surface area (TPSA) is 92.6 Å². The molecule has 26 heavy (non-hydrogen) atoms. The van der Waals surface area contributed by atoms with E-state index in [4.69, 9.17) is 38.5 Å². The standard InChI is InChI=1S/C18H15Cl2N3O3/c19-12-5-10(9-1-2-14(21)22-6-9)16-11-7-23(15(25)8-24)4-3-13(11)26-18(16)17(12)20/h1-2,5-6,24H,3-4,7-8H2,(H2,21,22). The number of aliphatic hydroxyl groups excluding tert-OH is 1. The zero-order chi connectivity index (χ0) is 18.4. The number of carbonyl (C=O) groups is 1. The second kappa shape index (κ2) is 6.46. The fourth-order valence-corrected chi connectivity index (χ4v) is 3.69. The summed E-state index contributed by atoms with van der Waals surface area (Å²) in [5.41, 5.74) is 8.68. The molecule has 8 heteroatoms. The van der Waals surface area contributed by atoms with Crippen LogP contribution in [-0.4, -0.2) is 34.0 Å². The molecule has 0 spiro atoms. The number of halogens is 2. The highest BCUT2D eigenvalue weighted by Gasteiger charge is 2.28. The van der Waals surface area contributed by atoms with Crippen LogP contribution in [0.4, 0.5) is 5.82 Å². The van der Waals surface area contributed by atoms with Gasteiger partial charge in [-0.05, 0) is 23.8 Å². The van der Waals surface area contributed by atoms with Gasteiger partial charge in [0.25, 0.3) is 0 Å². The summed E-state index contributed by atoms with van der Waals surface area (Å²) >= 11 is 12.7. The van der Waals surface area contributed by atoms with Crippen molar-refractivity contribution in [2.75, 3.05) is 18.9 Å². The summed E-state index contributed by atoms with van der Waals surface area (Å²) in [5.74, 6) is 0.871. The molecular weight excluding hydrogens is 377 g/mol. The first kappa shape index (κ1) is 17.1. The van der Waals surface area contributed by atoms with Crippen molar-refractivity contribution in [2.45, 2.75) is 13.0 Å². The molecule has 0 unspecified atom stereocenters. The van der Waals surface area contributed by atoms with Crippen LogP contribution in [0.5, 0.6) is 0 Å². The van der Waals surface area contributed by atoms with Crippen LogP contribution in [0.3, 0.4) is 0 Å². The van der Waals surface area contributed by atoms with Gasteiger partial charge in [-0.1, -0.05) is 23.2 Å². The molecule has 6 nitrogen and oxygen atoms in total. The first-order valence-corrected chi connectivity index (χ1v) is 8.78. The van der Waals surface area contributed by atoms with Gasteiger partial charge in [0.15, 0.2) is 5.58 Å². The summed E-state index contributed by atoms with van der Waals surface area (Å²) in [4.78, 5) is 17.7. The van der Waals surface area contributed by atoms with Crippen molar-refractivity contribution in [2.24, 2.45) is 0 Å². The maximum Gasteiger partial charge on any atom is 0.248 e. The molecule has 0 aliphatic carbocycles. The van der Waals surface area contributed by atoms with Crippen molar-refractivity contribution in [1.82, 2.24) is 9.88 Å². The van der Waals surface area contributed by atoms with E-state index in [1.165, 1.54) is 0 Å². The van der Waals surface area contributed by atoms with Crippen molar-refractivity contribution in [3.05, 3.63) is 45.8 Å². The molecule has 0 saturated heterocycles. The number of furan rings is 1. The van der Waals surface area contributed by atoms with E-state index in [1.54, 1.807) is 23.2 Å². The van der Waals surface area contributed by atoms with Gasteiger partial charge < -0.3 is 20.2 Å². The quantitative estimate of drug-likeness (QED) is 0.699. The molecule has 1 aliphatic heterocycles. The number of nitrogen functional groups attached to an aromatic ring is 1. The van der Waals surface area contributed by atoms with Crippen LogP contribution in [0.1, 0.15) is 11.3 Å². The summed E-state index contributed by atoms with van der Waals surface area (Å²) < 4.78 is 5.99. The Morgan fingerprint density at radius 2 is 2.19 bits per heavy atom. The minimum absolute atomic E-state index is 0.319. The van der Waals surface area contributed by atoms with Crippen molar-refractivity contribution in [1.29, 1.82) is 0 Å². The number of anilines is 1. The van der Waals surface area contributed by atoms with Crippen LogP contribution in [0.25, 0.3) is 22.1 Å². The van der Waals surface area contributed by atoms with Crippen molar-refractivity contribution in [3.8, 4) is 11.1 Å². The minimum atomic E-state index is -0.521. The van der Waals surface area contributed by atoms with E-state index in [2.05, 4.69) is 4.98 Å². The van der Waals surface area contributed by atoms with Crippen LogP contribution in [-0.2, 0) is 17.8 Å². The van der Waals surface area contributed by atoms with Gasteiger partial charge in [-0.15, -0.1) is 0 Å². The number of nitrogens with zero attached hydrogens (tertiary/aromatic N) is 2. The smallest absolute Gasteiger partial charge is 0.248 e. The fraction of sp³-hybridized carbons (Fsp3) is 0.222. The van der Waals surface area contributed by atoms with E-state index in [0.29, 0.717) is 41.0 Å². The van der Waals surface area contributed by atoms with Crippen LogP contribution < -0.4 is 5.73 Å². The average molecular weight is 392 g/mol. The number of hydrogen-bond donors (Lipinski definition) is 2. The molecule has 134 valence electrons. The summed E-state index contributed by atoms with van der Waals surface area (Å²) in [6, 6.07) is 5.32. The molecule has 0 fully saturated rings. The Hall–Kier alpha value is -2.28. The molecule has 0 radical (unpaired) electrons. The number of nitrogens with two attached hydrogens (primary N) is 1. The fourth-order valence-electron chi connectivity index (χ4n) is 3.30. The Morgan fingerprint density at radius 1 is 1.38 bits per heavy atom. The first-order valence-electron chi connectivity index (χ1n) is 8.02. The van der Waals surface area contributed by atoms with E-state index in [9.17, 15) is 4.79 Å². The summed E-state index contributed by atoms with van der Waals surface area (Å²) in [6.45, 7) is 0.303. The highest BCUT2D eigenvalue weighted by atomic mass is 35.5. The lowest BCUT2D eigenvalue weighted by Crippen LogP contribution is -2.37. The average Bonchev–Trinajstić information content (AvgIpc) is 3.04. The first-order chi connectivity index (χ1) is 12.5. The number of aliphatic hydroxyl groups is 1. The number of amides is 1. The number of carbonyl (C=O) groups excluding carboxylic acids is 1. The van der Waals surface area contributed by atoms with E-state index < -0.39 is 6.61 Å². The number of aromatic nitrogens is 1. The number of hydrogen-bond acceptors (Lipinski definition) is 5. The van der Waals surface area contributed by atoms with Crippen LogP contribution in [0.15, 0.2) is 28.8 Å². The minimum Gasteiger partial charge on any atom is -0.459 e. The van der Waals surface area contributed by atoms with Gasteiger partial charge in [-0.2, -0.15) is 0 Å². The van der Waals surface area contributed by atoms with Crippen LogP contribution in [0, 0.1) is 0 Å². The molecule has 0 saturated carbocycles. The van der Waals surface area contributed by atoms with E-state index in [0.717, 1.165) is 27.8 Å². The molecule has 3 aromatic rings. The highest BCUT2D eigenvalue weighted by molar-refractivity contribution is 6.45. The zero-order valence-corrected chi connectivity index (χ0v) is 15.1. The molecule has 3 N–H and O–H groups in total. The lowest BCUT2D eigenvalue weighted by molar-refractivity contribution is -0.135. The highest BCUT2D eigenvalue weighted by Crippen LogP contribution is 2.43. The van der Waals surface area contributed by atoms with E-state index in [-0.39, 0.29) is 5.91 Å². The number of rotatable bonds is 2. The summed E-state index contributed by atoms with van der Waals surface area (Å²) in [6.07, 6.45) is 2.20. The van der Waals surface area contributed by atoms with Gasteiger partial charge in [0.2, 0.25) is 5.91 Å². The molecule has 0 atom stereocenters.